The van der Waals surface area contributed by atoms with Gasteiger partial charge in [0, 0.05) is 17.1 Å². The minimum atomic E-state index is -1.12. The first-order chi connectivity index (χ1) is 19.8. The molecule has 3 aromatic carbocycles. The minimum Gasteiger partial charge on any atom is -0.493 e. The van der Waals surface area contributed by atoms with Crippen LogP contribution in [0.4, 0.5) is 4.39 Å². The topological polar surface area (TPSA) is 78.9 Å². The first-order valence-electron chi connectivity index (χ1n) is 12.6. The Hall–Kier alpha value is -4.08. The van der Waals surface area contributed by atoms with Gasteiger partial charge in [-0.25, -0.2) is 4.79 Å². The number of esters is 1. The lowest BCUT2D eigenvalue weighted by Gasteiger charge is -2.08. The van der Waals surface area contributed by atoms with Gasteiger partial charge in [0.2, 0.25) is 16.1 Å². The van der Waals surface area contributed by atoms with E-state index in [0.29, 0.717) is 36.9 Å². The van der Waals surface area contributed by atoms with Crippen molar-refractivity contribution >= 4 is 45.8 Å². The van der Waals surface area contributed by atoms with Crippen LogP contribution >= 0.6 is 23.5 Å². The molecule has 0 aliphatic carbocycles. The van der Waals surface area contributed by atoms with Gasteiger partial charge < -0.3 is 14.2 Å². The summed E-state index contributed by atoms with van der Waals surface area (Å²) in [6, 6.07) is 22.6. The number of thioether (sulfide) groups is 2. The van der Waals surface area contributed by atoms with E-state index in [-0.39, 0.29) is 16.8 Å². The van der Waals surface area contributed by atoms with Crippen LogP contribution < -0.4 is 9.47 Å². The smallest absolute Gasteiger partial charge is 0.366 e. The Labute approximate surface area is 247 Å². The Kier molecular flexibility index (Phi) is 13.0. The van der Waals surface area contributed by atoms with Crippen LogP contribution in [0.5, 0.6) is 11.5 Å². The van der Waals surface area contributed by atoms with E-state index in [0.717, 1.165) is 45.1 Å². The number of rotatable bonds is 15. The van der Waals surface area contributed by atoms with Crippen molar-refractivity contribution in [1.82, 2.24) is 0 Å². The van der Waals surface area contributed by atoms with Gasteiger partial charge in [-0.2, -0.15) is 4.39 Å². The third-order valence-electron chi connectivity index (χ3n) is 5.33. The van der Waals surface area contributed by atoms with Crippen molar-refractivity contribution < 1.29 is 33.0 Å². The lowest BCUT2D eigenvalue weighted by Crippen LogP contribution is -2.08. The van der Waals surface area contributed by atoms with Crippen molar-refractivity contribution in [2.75, 3.05) is 25.6 Å². The van der Waals surface area contributed by atoms with Gasteiger partial charge in [-0.05, 0) is 77.0 Å². The molecule has 0 unspecified atom stereocenters. The van der Waals surface area contributed by atoms with E-state index in [1.807, 2.05) is 72.8 Å². The van der Waals surface area contributed by atoms with Crippen molar-refractivity contribution in [3.05, 3.63) is 109 Å². The van der Waals surface area contributed by atoms with E-state index in [1.54, 1.807) is 6.08 Å². The van der Waals surface area contributed by atoms with E-state index in [2.05, 4.69) is 17.9 Å². The van der Waals surface area contributed by atoms with Crippen molar-refractivity contribution in [3.8, 4) is 22.6 Å². The molecule has 41 heavy (non-hydrogen) atoms. The molecule has 0 N–H and O–H groups in total. The molecule has 0 saturated carbocycles. The second-order valence-electron chi connectivity index (χ2n) is 8.34. The summed E-state index contributed by atoms with van der Waals surface area (Å²) in [5.41, 5.74) is 2.86. The van der Waals surface area contributed by atoms with Gasteiger partial charge in [-0.1, -0.05) is 67.4 Å². The summed E-state index contributed by atoms with van der Waals surface area (Å²) in [6.45, 7) is 7.09. The second kappa shape index (κ2) is 16.9. The van der Waals surface area contributed by atoms with Gasteiger partial charge >= 0.3 is 5.97 Å². The molecule has 0 spiro atoms. The molecule has 3 rings (SSSR count). The summed E-state index contributed by atoms with van der Waals surface area (Å²) in [4.78, 5) is 35.5. The summed E-state index contributed by atoms with van der Waals surface area (Å²) in [6.07, 6.45) is 5.00. The highest BCUT2D eigenvalue weighted by Gasteiger charge is 2.07. The highest BCUT2D eigenvalue weighted by molar-refractivity contribution is 8.14. The largest absolute Gasteiger partial charge is 0.493 e. The maximum absolute atomic E-state index is 12.6. The van der Waals surface area contributed by atoms with Crippen LogP contribution in [-0.2, 0) is 19.1 Å². The summed E-state index contributed by atoms with van der Waals surface area (Å²) >= 11 is 2.30. The monoisotopic (exact) mass is 592 g/mol. The zero-order valence-corrected chi connectivity index (χ0v) is 23.9. The Morgan fingerprint density at radius 3 is 1.98 bits per heavy atom. The molecular formula is C32H29FO6S2. The number of carbonyl (C=O) groups is 3. The predicted molar refractivity (Wildman–Crippen MR) is 163 cm³/mol. The molecule has 0 atom stereocenters. The van der Waals surface area contributed by atoms with Crippen molar-refractivity contribution in [1.29, 1.82) is 0 Å². The molecule has 212 valence electrons. The number of hydrogen-bond acceptors (Lipinski definition) is 8. The molecule has 6 nitrogen and oxygen atoms in total. The van der Waals surface area contributed by atoms with Gasteiger partial charge in [0.1, 0.15) is 11.5 Å². The average Bonchev–Trinajstić information content (AvgIpc) is 2.99. The maximum atomic E-state index is 12.6. The van der Waals surface area contributed by atoms with Crippen LogP contribution in [0.1, 0.15) is 12.0 Å². The Bertz CT molecular complexity index is 1370. The SMILES string of the molecule is C=CC(=O)SCCOc1ccc(/C=C/C(=O)Sc2ccc(-c3ccc(OCCCOC(=O)C(=C)F)cc3)cc2)cc1. The number of halogens is 1. The predicted octanol–water partition coefficient (Wildman–Crippen LogP) is 7.31. The van der Waals surface area contributed by atoms with Crippen LogP contribution in [0, 0.1) is 0 Å². The van der Waals surface area contributed by atoms with Crippen molar-refractivity contribution in [2.24, 2.45) is 0 Å². The van der Waals surface area contributed by atoms with Gasteiger partial charge in [-0.15, -0.1) is 0 Å². The van der Waals surface area contributed by atoms with E-state index in [4.69, 9.17) is 9.47 Å². The van der Waals surface area contributed by atoms with Crippen molar-refractivity contribution in [2.45, 2.75) is 11.3 Å². The molecule has 0 saturated heterocycles. The van der Waals surface area contributed by atoms with E-state index in [9.17, 15) is 18.8 Å². The van der Waals surface area contributed by atoms with E-state index in [1.165, 1.54) is 12.2 Å². The molecule has 0 bridgehead atoms. The lowest BCUT2D eigenvalue weighted by atomic mass is 10.1. The van der Waals surface area contributed by atoms with Crippen molar-refractivity contribution in [3.63, 3.8) is 0 Å². The van der Waals surface area contributed by atoms with E-state index >= 15 is 0 Å². The quantitative estimate of drug-likeness (QED) is 0.0787. The van der Waals surface area contributed by atoms with E-state index < -0.39 is 11.8 Å². The standard InChI is InChI=1S/C32H29FO6S2/c1-3-30(34)40-22-21-38-27-12-5-24(6-13-27)7-18-31(35)41-29-16-10-26(11-17-29)25-8-14-28(15-9-25)37-19-4-20-39-32(36)23(2)33/h3,5-18H,1-2,4,19-22H2/b18-7+. The summed E-state index contributed by atoms with van der Waals surface area (Å²) in [5, 5.41) is -0.167. The first-order valence-corrected chi connectivity index (χ1v) is 14.4. The van der Waals surface area contributed by atoms with Crippen LogP contribution in [-0.4, -0.2) is 41.8 Å². The average molecular weight is 593 g/mol. The van der Waals surface area contributed by atoms with Gasteiger partial charge in [0.15, 0.2) is 0 Å². The Morgan fingerprint density at radius 2 is 1.37 bits per heavy atom. The molecule has 0 aliphatic rings. The molecule has 0 amide bonds. The highest BCUT2D eigenvalue weighted by atomic mass is 32.2. The minimum absolute atomic E-state index is 0.0488. The van der Waals surface area contributed by atoms with Crippen LogP contribution in [0.25, 0.3) is 17.2 Å². The molecule has 9 heteroatoms. The molecule has 0 heterocycles. The fraction of sp³-hybridized carbons (Fsp3) is 0.156. The van der Waals surface area contributed by atoms with Crippen LogP contribution in [0.3, 0.4) is 0 Å². The first kappa shape index (κ1) is 31.4. The zero-order valence-electron chi connectivity index (χ0n) is 22.3. The maximum Gasteiger partial charge on any atom is 0.366 e. The molecule has 0 aliphatic heterocycles. The fourth-order valence-corrected chi connectivity index (χ4v) is 4.43. The normalized spacial score (nSPS) is 10.7. The molecule has 3 aromatic rings. The molecule has 0 fully saturated rings. The second-order valence-corrected chi connectivity index (χ2v) is 10.5. The third-order valence-corrected chi connectivity index (χ3v) is 6.99. The van der Waals surface area contributed by atoms with Crippen LogP contribution in [0.15, 0.2) is 109 Å². The Morgan fingerprint density at radius 1 is 0.780 bits per heavy atom. The molecule has 0 aromatic heterocycles. The zero-order chi connectivity index (χ0) is 29.5. The molecular weight excluding hydrogens is 563 g/mol. The van der Waals surface area contributed by atoms with Gasteiger partial charge in [0.05, 0.1) is 19.8 Å². The molecule has 0 radical (unpaired) electrons. The summed E-state index contributed by atoms with van der Waals surface area (Å²) in [7, 11) is 0. The fourth-order valence-electron chi connectivity index (χ4n) is 3.30. The number of benzene rings is 3. The third kappa shape index (κ3) is 11.5. The highest BCUT2D eigenvalue weighted by Crippen LogP contribution is 2.27. The summed E-state index contributed by atoms with van der Waals surface area (Å²) < 4.78 is 28.5. The van der Waals surface area contributed by atoms with Gasteiger partial charge in [0.25, 0.3) is 0 Å². The lowest BCUT2D eigenvalue weighted by molar-refractivity contribution is -0.140. The van der Waals surface area contributed by atoms with Gasteiger partial charge in [-0.3, -0.25) is 9.59 Å². The number of ether oxygens (including phenoxy) is 3. The van der Waals surface area contributed by atoms with Crippen LogP contribution in [0.2, 0.25) is 0 Å². The number of hydrogen-bond donors (Lipinski definition) is 0. The summed E-state index contributed by atoms with van der Waals surface area (Å²) in [5.74, 6) is -0.268. The Balaban J connectivity index is 1.41. The number of carbonyl (C=O) groups excluding carboxylic acids is 3.